The Hall–Kier alpha value is -0.530. The summed E-state index contributed by atoms with van der Waals surface area (Å²) in [6.45, 7) is 0. The Balaban J connectivity index is 2.04. The smallest absolute Gasteiger partial charge is 0.351 e. The van der Waals surface area contributed by atoms with Crippen LogP contribution in [0.5, 0.6) is 0 Å². The van der Waals surface area contributed by atoms with Crippen LogP contribution in [0.3, 0.4) is 0 Å². The van der Waals surface area contributed by atoms with Crippen LogP contribution < -0.4 is 0 Å². The van der Waals surface area contributed by atoms with Crippen molar-refractivity contribution in [3.8, 4) is 0 Å². The maximum Gasteiger partial charge on any atom is 0.351 e. The van der Waals surface area contributed by atoms with E-state index in [1.165, 1.54) is 19.3 Å². The van der Waals surface area contributed by atoms with E-state index in [0.717, 1.165) is 12.8 Å². The molecule has 0 N–H and O–H groups in total. The Morgan fingerprint density at radius 3 is 2.11 bits per heavy atom. The molecule has 0 radical (unpaired) electrons. The summed E-state index contributed by atoms with van der Waals surface area (Å²) in [5, 5.41) is 0. The van der Waals surface area contributed by atoms with Crippen LogP contribution >= 0.6 is 0 Å². The molecule has 1 saturated heterocycles. The van der Waals surface area contributed by atoms with Gasteiger partial charge in [0, 0.05) is 0 Å². The summed E-state index contributed by atoms with van der Waals surface area (Å²) >= 11 is 0. The van der Waals surface area contributed by atoms with Gasteiger partial charge in [-0.15, -0.1) is 0 Å². The van der Waals surface area contributed by atoms with E-state index >= 15 is 0 Å². The molecule has 0 bridgehead atoms. The van der Waals surface area contributed by atoms with E-state index in [9.17, 15) is 4.79 Å². The highest BCUT2D eigenvalue weighted by Gasteiger charge is 2.57. The van der Waals surface area contributed by atoms with Gasteiger partial charge in [-0.25, -0.2) is 4.79 Å². The van der Waals surface area contributed by atoms with Crippen molar-refractivity contribution in [2.24, 2.45) is 0 Å². The minimum absolute atomic E-state index is 0.0437. The van der Waals surface area contributed by atoms with Gasteiger partial charge >= 0.3 is 5.97 Å². The van der Waals surface area contributed by atoms with E-state index in [1.54, 1.807) is 0 Å². The lowest BCUT2D eigenvalue weighted by Crippen LogP contribution is -2.16. The highest BCUT2D eigenvalue weighted by Crippen LogP contribution is 2.42. The zero-order chi connectivity index (χ0) is 6.32. The van der Waals surface area contributed by atoms with Crippen molar-refractivity contribution >= 4 is 5.97 Å². The first-order valence-electron chi connectivity index (χ1n) is 3.57. The van der Waals surface area contributed by atoms with Gasteiger partial charge in [0.1, 0.15) is 0 Å². The molecule has 2 nitrogen and oxygen atoms in total. The second kappa shape index (κ2) is 1.49. The second-order valence-corrected chi connectivity index (χ2v) is 2.94. The predicted octanol–water partition coefficient (Wildman–Crippen LogP) is 1.25. The van der Waals surface area contributed by atoms with Crippen molar-refractivity contribution in [3.63, 3.8) is 0 Å². The fraction of sp³-hybridized carbons (Fsp3) is 0.857. The van der Waals surface area contributed by atoms with Gasteiger partial charge < -0.3 is 4.74 Å². The van der Waals surface area contributed by atoms with E-state index in [1.807, 2.05) is 0 Å². The summed E-state index contributed by atoms with van der Waals surface area (Å²) in [5.41, 5.74) is -0.252. The fourth-order valence-electron chi connectivity index (χ4n) is 1.58. The Morgan fingerprint density at radius 2 is 1.78 bits per heavy atom. The molecule has 1 saturated carbocycles. The third-order valence-electron chi connectivity index (χ3n) is 2.28. The number of carbonyl (C=O) groups is 1. The van der Waals surface area contributed by atoms with Crippen molar-refractivity contribution < 1.29 is 9.53 Å². The third-order valence-corrected chi connectivity index (χ3v) is 2.28. The topological polar surface area (TPSA) is 29.6 Å². The molecule has 1 aliphatic carbocycles. The molecule has 0 amide bonds. The van der Waals surface area contributed by atoms with Crippen molar-refractivity contribution in [3.05, 3.63) is 0 Å². The Bertz CT molecular complexity index is 145. The molecule has 2 fully saturated rings. The van der Waals surface area contributed by atoms with E-state index in [0.29, 0.717) is 0 Å². The summed E-state index contributed by atoms with van der Waals surface area (Å²) in [4.78, 5) is 10.6. The highest BCUT2D eigenvalue weighted by atomic mass is 16.7. The van der Waals surface area contributed by atoms with Crippen LogP contribution in [-0.4, -0.2) is 11.6 Å². The lowest BCUT2D eigenvalue weighted by molar-refractivity contribution is -0.117. The third kappa shape index (κ3) is 0.655. The zero-order valence-corrected chi connectivity index (χ0v) is 5.35. The summed E-state index contributed by atoms with van der Waals surface area (Å²) in [5.74, 6) is 0.0437. The van der Waals surface area contributed by atoms with Gasteiger partial charge in [-0.05, 0) is 25.7 Å². The first-order valence-corrected chi connectivity index (χ1v) is 3.57. The van der Waals surface area contributed by atoms with Gasteiger partial charge in [0.25, 0.3) is 0 Å². The van der Waals surface area contributed by atoms with Crippen molar-refractivity contribution in [2.75, 3.05) is 0 Å². The number of ether oxygens (including phenoxy) is 1. The molecule has 1 spiro atoms. The molecule has 2 aliphatic rings. The van der Waals surface area contributed by atoms with E-state index in [4.69, 9.17) is 4.74 Å². The summed E-state index contributed by atoms with van der Waals surface area (Å²) in [6.07, 6.45) is 5.58. The van der Waals surface area contributed by atoms with Crippen LogP contribution in [-0.2, 0) is 9.53 Å². The average molecular weight is 126 g/mol. The largest absolute Gasteiger partial charge is 0.444 e. The van der Waals surface area contributed by atoms with Gasteiger partial charge in [0.05, 0.1) is 0 Å². The standard InChI is InChI=1S/C7H10O2/c8-6-7(9-6)4-2-1-3-5-7/h1-5H2. The molecular weight excluding hydrogens is 116 g/mol. The minimum Gasteiger partial charge on any atom is -0.444 e. The van der Waals surface area contributed by atoms with Crippen molar-refractivity contribution in [1.82, 2.24) is 0 Å². The fourth-order valence-corrected chi connectivity index (χ4v) is 1.58. The lowest BCUT2D eigenvalue weighted by Gasteiger charge is -2.12. The Morgan fingerprint density at radius 1 is 1.22 bits per heavy atom. The molecule has 0 unspecified atom stereocenters. The average Bonchev–Trinajstić information content (AvgIpc) is 2.44. The van der Waals surface area contributed by atoms with Crippen LogP contribution in [0.25, 0.3) is 0 Å². The number of rotatable bonds is 0. The van der Waals surface area contributed by atoms with Crippen LogP contribution in [0, 0.1) is 0 Å². The second-order valence-electron chi connectivity index (χ2n) is 2.94. The van der Waals surface area contributed by atoms with Gasteiger partial charge in [-0.1, -0.05) is 6.42 Å². The Labute approximate surface area is 54.2 Å². The van der Waals surface area contributed by atoms with Gasteiger partial charge in [-0.3, -0.25) is 0 Å². The Kier molecular flexibility index (Phi) is 0.875. The maximum atomic E-state index is 10.6. The number of epoxide rings is 1. The summed E-state index contributed by atoms with van der Waals surface area (Å²) in [6, 6.07) is 0. The lowest BCUT2D eigenvalue weighted by atomic mass is 9.89. The number of hydrogen-bond acceptors (Lipinski definition) is 2. The van der Waals surface area contributed by atoms with Gasteiger partial charge in [0.2, 0.25) is 5.60 Å². The molecule has 50 valence electrons. The molecule has 0 aromatic carbocycles. The SMILES string of the molecule is O=C1OC12CCCCC2. The predicted molar refractivity (Wildman–Crippen MR) is 31.9 cm³/mol. The first-order chi connectivity index (χ1) is 4.33. The minimum atomic E-state index is -0.252. The van der Waals surface area contributed by atoms with E-state index in [2.05, 4.69) is 0 Å². The highest BCUT2D eigenvalue weighted by molar-refractivity contribution is 5.92. The molecule has 0 atom stereocenters. The van der Waals surface area contributed by atoms with Crippen LogP contribution in [0.4, 0.5) is 0 Å². The quantitative estimate of drug-likeness (QED) is 0.457. The van der Waals surface area contributed by atoms with Crippen LogP contribution in [0.2, 0.25) is 0 Å². The molecule has 2 heteroatoms. The summed E-state index contributed by atoms with van der Waals surface area (Å²) in [7, 11) is 0. The van der Waals surface area contributed by atoms with Crippen molar-refractivity contribution in [1.29, 1.82) is 0 Å². The van der Waals surface area contributed by atoms with Crippen LogP contribution in [0.1, 0.15) is 32.1 Å². The van der Waals surface area contributed by atoms with E-state index in [-0.39, 0.29) is 11.6 Å². The molecule has 0 aromatic rings. The molecule has 0 aromatic heterocycles. The monoisotopic (exact) mass is 126 g/mol. The van der Waals surface area contributed by atoms with Gasteiger partial charge in [0.15, 0.2) is 0 Å². The van der Waals surface area contributed by atoms with Gasteiger partial charge in [-0.2, -0.15) is 0 Å². The number of hydrogen-bond donors (Lipinski definition) is 0. The van der Waals surface area contributed by atoms with Crippen molar-refractivity contribution in [2.45, 2.75) is 37.7 Å². The molecule has 2 rings (SSSR count). The first kappa shape index (κ1) is 5.27. The normalized spacial score (nSPS) is 30.0. The van der Waals surface area contributed by atoms with Crippen LogP contribution in [0.15, 0.2) is 0 Å². The molecular formula is C7H10O2. The molecule has 1 heterocycles. The van der Waals surface area contributed by atoms with E-state index < -0.39 is 0 Å². The maximum absolute atomic E-state index is 10.6. The molecule has 1 aliphatic heterocycles. The zero-order valence-electron chi connectivity index (χ0n) is 5.35. The summed E-state index contributed by atoms with van der Waals surface area (Å²) < 4.78 is 4.91. The molecule has 9 heavy (non-hydrogen) atoms. The number of carbonyl (C=O) groups excluding carboxylic acids is 1.